The van der Waals surface area contributed by atoms with Crippen LogP contribution in [0.4, 0.5) is 0 Å². The quantitative estimate of drug-likeness (QED) is 0.750. The van der Waals surface area contributed by atoms with Gasteiger partial charge in [0.1, 0.15) is 0 Å². The monoisotopic (exact) mass is 254 g/mol. The van der Waals surface area contributed by atoms with E-state index in [1.165, 1.54) is 0 Å². The highest BCUT2D eigenvalue weighted by atomic mass is 35.5. The van der Waals surface area contributed by atoms with E-state index in [4.69, 9.17) is 17.3 Å². The lowest BCUT2D eigenvalue weighted by Gasteiger charge is -2.14. The lowest BCUT2D eigenvalue weighted by atomic mass is 10.1. The minimum Gasteiger partial charge on any atom is -0.387 e. The second-order valence-electron chi connectivity index (χ2n) is 4.43. The van der Waals surface area contributed by atoms with Crippen molar-refractivity contribution >= 4 is 17.5 Å². The van der Waals surface area contributed by atoms with Crippen molar-refractivity contribution in [2.75, 3.05) is 6.54 Å². The standard InChI is InChI=1S/C12H15ClN2O2/c13-9-3-1-8(2-4-9)10(16)7-15-11(17)12(14)5-6-12/h1-4,10,16H,5-7,14H2,(H,15,17). The van der Waals surface area contributed by atoms with Crippen LogP contribution >= 0.6 is 11.6 Å². The Morgan fingerprint density at radius 3 is 2.59 bits per heavy atom. The molecule has 0 saturated heterocycles. The van der Waals surface area contributed by atoms with E-state index in [1.807, 2.05) is 0 Å². The van der Waals surface area contributed by atoms with Gasteiger partial charge in [0.15, 0.2) is 0 Å². The summed E-state index contributed by atoms with van der Waals surface area (Å²) in [4.78, 5) is 11.5. The Kier molecular flexibility index (Phi) is 3.38. The highest BCUT2D eigenvalue weighted by molar-refractivity contribution is 6.30. The van der Waals surface area contributed by atoms with Crippen molar-refractivity contribution < 1.29 is 9.90 Å². The molecule has 17 heavy (non-hydrogen) atoms. The zero-order valence-electron chi connectivity index (χ0n) is 9.32. The number of nitrogens with two attached hydrogens (primary N) is 1. The highest BCUT2D eigenvalue weighted by Gasteiger charge is 2.45. The van der Waals surface area contributed by atoms with E-state index in [2.05, 4.69) is 5.32 Å². The van der Waals surface area contributed by atoms with Crippen LogP contribution in [-0.2, 0) is 4.79 Å². The van der Waals surface area contributed by atoms with Gasteiger partial charge in [-0.05, 0) is 30.5 Å². The average molecular weight is 255 g/mol. The Hall–Kier alpha value is -1.10. The molecule has 1 unspecified atom stereocenters. The number of aliphatic hydroxyl groups excluding tert-OH is 1. The van der Waals surface area contributed by atoms with Crippen molar-refractivity contribution in [2.24, 2.45) is 5.73 Å². The molecule has 0 radical (unpaired) electrons. The molecule has 4 N–H and O–H groups in total. The molecule has 1 aliphatic carbocycles. The van der Waals surface area contributed by atoms with Crippen LogP contribution in [0.5, 0.6) is 0 Å². The first-order valence-electron chi connectivity index (χ1n) is 5.52. The molecule has 0 aliphatic heterocycles. The summed E-state index contributed by atoms with van der Waals surface area (Å²) in [5.41, 5.74) is 5.75. The zero-order valence-corrected chi connectivity index (χ0v) is 10.1. The molecule has 1 saturated carbocycles. The molecule has 0 aromatic heterocycles. The van der Waals surface area contributed by atoms with E-state index in [0.717, 1.165) is 18.4 Å². The van der Waals surface area contributed by atoms with Gasteiger partial charge in [-0.25, -0.2) is 0 Å². The normalized spacial score (nSPS) is 18.5. The number of halogens is 1. The van der Waals surface area contributed by atoms with Gasteiger partial charge in [-0.2, -0.15) is 0 Å². The Balaban J connectivity index is 1.86. The molecule has 5 heteroatoms. The number of carbonyl (C=O) groups excluding carboxylic acids is 1. The SMILES string of the molecule is NC1(C(=O)NCC(O)c2ccc(Cl)cc2)CC1. The first kappa shape index (κ1) is 12.4. The third-order valence-electron chi connectivity index (χ3n) is 2.95. The van der Waals surface area contributed by atoms with Gasteiger partial charge in [0.05, 0.1) is 11.6 Å². The summed E-state index contributed by atoms with van der Waals surface area (Å²) in [6, 6.07) is 6.86. The topological polar surface area (TPSA) is 75.4 Å². The Bertz CT molecular complexity index is 415. The van der Waals surface area contributed by atoms with Crippen LogP contribution in [0.3, 0.4) is 0 Å². The lowest BCUT2D eigenvalue weighted by molar-refractivity contribution is -0.123. The fourth-order valence-electron chi connectivity index (χ4n) is 1.53. The highest BCUT2D eigenvalue weighted by Crippen LogP contribution is 2.32. The molecular weight excluding hydrogens is 240 g/mol. The number of amides is 1. The maximum atomic E-state index is 11.5. The number of carbonyl (C=O) groups is 1. The number of hydrogen-bond acceptors (Lipinski definition) is 3. The summed E-state index contributed by atoms with van der Waals surface area (Å²) in [7, 11) is 0. The summed E-state index contributed by atoms with van der Waals surface area (Å²) in [5.74, 6) is -0.189. The van der Waals surface area contributed by atoms with Gasteiger partial charge >= 0.3 is 0 Å². The van der Waals surface area contributed by atoms with Crippen molar-refractivity contribution in [1.82, 2.24) is 5.32 Å². The van der Waals surface area contributed by atoms with Crippen molar-refractivity contribution in [1.29, 1.82) is 0 Å². The molecule has 1 atom stereocenters. The fourth-order valence-corrected chi connectivity index (χ4v) is 1.66. The molecule has 1 aromatic carbocycles. The van der Waals surface area contributed by atoms with E-state index in [0.29, 0.717) is 5.02 Å². The van der Waals surface area contributed by atoms with E-state index < -0.39 is 11.6 Å². The van der Waals surface area contributed by atoms with Gasteiger partial charge in [0, 0.05) is 11.6 Å². The predicted octanol–water partition coefficient (Wildman–Crippen LogP) is 0.981. The zero-order chi connectivity index (χ0) is 12.5. The van der Waals surface area contributed by atoms with E-state index >= 15 is 0 Å². The Morgan fingerprint density at radius 1 is 1.47 bits per heavy atom. The first-order chi connectivity index (χ1) is 8.01. The minimum atomic E-state index is -0.737. The van der Waals surface area contributed by atoms with Gasteiger partial charge in [-0.1, -0.05) is 23.7 Å². The largest absolute Gasteiger partial charge is 0.387 e. The number of aliphatic hydroxyl groups is 1. The van der Waals surface area contributed by atoms with Crippen molar-refractivity contribution in [3.05, 3.63) is 34.9 Å². The van der Waals surface area contributed by atoms with Crippen LogP contribution in [0.1, 0.15) is 24.5 Å². The maximum absolute atomic E-state index is 11.5. The summed E-state index contributed by atoms with van der Waals surface area (Å²) >= 11 is 5.74. The first-order valence-corrected chi connectivity index (χ1v) is 5.90. The van der Waals surface area contributed by atoms with Crippen molar-refractivity contribution in [3.63, 3.8) is 0 Å². The summed E-state index contributed by atoms with van der Waals surface area (Å²) in [5, 5.41) is 13.1. The Labute approximate surface area is 105 Å². The molecule has 0 heterocycles. The molecule has 0 spiro atoms. The predicted molar refractivity (Wildman–Crippen MR) is 65.6 cm³/mol. The van der Waals surface area contributed by atoms with Crippen molar-refractivity contribution in [2.45, 2.75) is 24.5 Å². The summed E-state index contributed by atoms with van der Waals surface area (Å²) in [6.45, 7) is 0.166. The van der Waals surface area contributed by atoms with Crippen LogP contribution in [0, 0.1) is 0 Å². The molecule has 1 aromatic rings. The van der Waals surface area contributed by atoms with Gasteiger partial charge in [-0.15, -0.1) is 0 Å². The number of hydrogen-bond donors (Lipinski definition) is 3. The second kappa shape index (κ2) is 4.64. The third kappa shape index (κ3) is 2.97. The van der Waals surface area contributed by atoms with Crippen molar-refractivity contribution in [3.8, 4) is 0 Å². The minimum absolute atomic E-state index is 0.166. The van der Waals surface area contributed by atoms with Crippen LogP contribution in [0.15, 0.2) is 24.3 Å². The number of rotatable bonds is 4. The molecule has 1 fully saturated rings. The van der Waals surface area contributed by atoms with E-state index in [9.17, 15) is 9.90 Å². The van der Waals surface area contributed by atoms with Crippen LogP contribution in [0.2, 0.25) is 5.02 Å². The molecule has 4 nitrogen and oxygen atoms in total. The number of benzene rings is 1. The van der Waals surface area contributed by atoms with E-state index in [1.54, 1.807) is 24.3 Å². The smallest absolute Gasteiger partial charge is 0.240 e. The van der Waals surface area contributed by atoms with Crippen LogP contribution in [-0.4, -0.2) is 23.1 Å². The summed E-state index contributed by atoms with van der Waals surface area (Å²) in [6.07, 6.45) is 0.699. The van der Waals surface area contributed by atoms with Gasteiger partial charge < -0.3 is 16.2 Å². The maximum Gasteiger partial charge on any atom is 0.240 e. The molecule has 2 rings (SSSR count). The summed E-state index contributed by atoms with van der Waals surface area (Å²) < 4.78 is 0. The Morgan fingerprint density at radius 2 is 2.06 bits per heavy atom. The molecule has 92 valence electrons. The van der Waals surface area contributed by atoms with Crippen LogP contribution in [0.25, 0.3) is 0 Å². The molecule has 1 amide bonds. The van der Waals surface area contributed by atoms with Gasteiger partial charge in [0.25, 0.3) is 0 Å². The fraction of sp³-hybridized carbons (Fsp3) is 0.417. The molecular formula is C12H15ClN2O2. The lowest BCUT2D eigenvalue weighted by Crippen LogP contribution is -2.44. The molecule has 1 aliphatic rings. The number of nitrogens with one attached hydrogen (secondary N) is 1. The molecule has 0 bridgehead atoms. The average Bonchev–Trinajstić information content (AvgIpc) is 3.06. The third-order valence-corrected chi connectivity index (χ3v) is 3.20. The van der Waals surface area contributed by atoms with Gasteiger partial charge in [-0.3, -0.25) is 4.79 Å². The van der Waals surface area contributed by atoms with Crippen LogP contribution < -0.4 is 11.1 Å². The second-order valence-corrected chi connectivity index (χ2v) is 4.87. The van der Waals surface area contributed by atoms with E-state index in [-0.39, 0.29) is 12.5 Å². The van der Waals surface area contributed by atoms with Gasteiger partial charge in [0.2, 0.25) is 5.91 Å².